The lowest BCUT2D eigenvalue weighted by atomic mass is 10.2. The predicted octanol–water partition coefficient (Wildman–Crippen LogP) is 2.56. The van der Waals surface area contributed by atoms with Gasteiger partial charge in [-0.3, -0.25) is 0 Å². The molecule has 0 amide bonds. The topological polar surface area (TPSA) is 80.7 Å². The molecule has 1 aliphatic rings. The zero-order valence-corrected chi connectivity index (χ0v) is 10.7. The Kier molecular flexibility index (Phi) is 2.90. The van der Waals surface area contributed by atoms with Gasteiger partial charge in [0.1, 0.15) is 5.82 Å². The highest BCUT2D eigenvalue weighted by atomic mass is 16.7. The van der Waals surface area contributed by atoms with Crippen LogP contribution < -0.4 is 14.8 Å². The molecular formula is C14H12N2O4. The van der Waals surface area contributed by atoms with Crippen molar-refractivity contribution in [3.63, 3.8) is 0 Å². The Labute approximate surface area is 115 Å². The van der Waals surface area contributed by atoms with E-state index in [0.717, 1.165) is 5.69 Å². The minimum Gasteiger partial charge on any atom is -0.478 e. The number of rotatable bonds is 3. The second kappa shape index (κ2) is 4.73. The van der Waals surface area contributed by atoms with Gasteiger partial charge in [0, 0.05) is 17.4 Å². The van der Waals surface area contributed by atoms with Crippen LogP contribution in [0, 0.1) is 6.92 Å². The van der Waals surface area contributed by atoms with Gasteiger partial charge in [0.25, 0.3) is 0 Å². The molecule has 0 atom stereocenters. The molecular weight excluding hydrogens is 260 g/mol. The van der Waals surface area contributed by atoms with E-state index < -0.39 is 5.97 Å². The zero-order chi connectivity index (χ0) is 14.1. The first-order chi connectivity index (χ1) is 9.61. The molecule has 0 bridgehead atoms. The maximum absolute atomic E-state index is 11.0. The summed E-state index contributed by atoms with van der Waals surface area (Å²) in [6.07, 6.45) is 0. The summed E-state index contributed by atoms with van der Waals surface area (Å²) in [5.74, 6) is 0.839. The van der Waals surface area contributed by atoms with Crippen LogP contribution in [0.4, 0.5) is 11.5 Å². The fourth-order valence-corrected chi connectivity index (χ4v) is 1.98. The number of carbonyl (C=O) groups is 1. The van der Waals surface area contributed by atoms with Crippen molar-refractivity contribution in [1.82, 2.24) is 4.98 Å². The minimum atomic E-state index is -0.982. The van der Waals surface area contributed by atoms with E-state index in [0.29, 0.717) is 23.0 Å². The van der Waals surface area contributed by atoms with Crippen molar-refractivity contribution < 1.29 is 19.4 Å². The smallest absolute Gasteiger partial charge is 0.335 e. The van der Waals surface area contributed by atoms with Crippen LogP contribution >= 0.6 is 0 Å². The summed E-state index contributed by atoms with van der Waals surface area (Å²) in [6.45, 7) is 1.96. The molecule has 2 heterocycles. The molecule has 6 nitrogen and oxygen atoms in total. The van der Waals surface area contributed by atoms with Gasteiger partial charge in [0.15, 0.2) is 11.5 Å². The average molecular weight is 272 g/mol. The molecule has 1 aromatic carbocycles. The van der Waals surface area contributed by atoms with Crippen molar-refractivity contribution in [2.24, 2.45) is 0 Å². The number of nitrogens with zero attached hydrogens (tertiary/aromatic N) is 1. The van der Waals surface area contributed by atoms with Gasteiger partial charge >= 0.3 is 5.97 Å². The lowest BCUT2D eigenvalue weighted by Gasteiger charge is -2.08. The number of aryl methyl sites for hydroxylation is 1. The van der Waals surface area contributed by atoms with Gasteiger partial charge in [-0.2, -0.15) is 0 Å². The predicted molar refractivity (Wildman–Crippen MR) is 71.8 cm³/mol. The van der Waals surface area contributed by atoms with E-state index >= 15 is 0 Å². The number of hydrogen-bond acceptors (Lipinski definition) is 5. The standard InChI is InChI=1S/C14H12N2O4/c1-8-4-9(14(17)18)5-13(15-8)16-10-2-3-11-12(6-10)20-7-19-11/h2-6H,7H2,1H3,(H,15,16)(H,17,18). The molecule has 0 aliphatic carbocycles. The number of hydrogen-bond donors (Lipinski definition) is 2. The third-order valence-corrected chi connectivity index (χ3v) is 2.85. The molecule has 2 aromatic rings. The van der Waals surface area contributed by atoms with E-state index in [1.165, 1.54) is 12.1 Å². The summed E-state index contributed by atoms with van der Waals surface area (Å²) >= 11 is 0. The number of carboxylic acids is 1. The third-order valence-electron chi connectivity index (χ3n) is 2.85. The minimum absolute atomic E-state index is 0.195. The van der Waals surface area contributed by atoms with Crippen LogP contribution in [0.5, 0.6) is 11.5 Å². The summed E-state index contributed by atoms with van der Waals surface area (Å²) in [6, 6.07) is 8.40. The van der Waals surface area contributed by atoms with Crippen molar-refractivity contribution in [3.8, 4) is 11.5 Å². The van der Waals surface area contributed by atoms with Gasteiger partial charge in [-0.1, -0.05) is 0 Å². The van der Waals surface area contributed by atoms with Gasteiger partial charge in [-0.25, -0.2) is 9.78 Å². The van der Waals surface area contributed by atoms with Crippen molar-refractivity contribution in [2.75, 3.05) is 12.1 Å². The first-order valence-electron chi connectivity index (χ1n) is 6.00. The van der Waals surface area contributed by atoms with Crippen LogP contribution in [-0.4, -0.2) is 22.9 Å². The second-order valence-corrected chi connectivity index (χ2v) is 4.38. The summed E-state index contributed by atoms with van der Waals surface area (Å²) in [5.41, 5.74) is 1.58. The van der Waals surface area contributed by atoms with E-state index in [2.05, 4.69) is 10.3 Å². The molecule has 0 saturated heterocycles. The lowest BCUT2D eigenvalue weighted by Crippen LogP contribution is -2.02. The fourth-order valence-electron chi connectivity index (χ4n) is 1.98. The Morgan fingerprint density at radius 2 is 2.05 bits per heavy atom. The zero-order valence-electron chi connectivity index (χ0n) is 10.7. The monoisotopic (exact) mass is 272 g/mol. The number of anilines is 2. The molecule has 1 aromatic heterocycles. The molecule has 2 N–H and O–H groups in total. The van der Waals surface area contributed by atoms with Crippen LogP contribution in [0.25, 0.3) is 0 Å². The van der Waals surface area contributed by atoms with Crippen molar-refractivity contribution in [2.45, 2.75) is 6.92 Å². The van der Waals surface area contributed by atoms with Crippen LogP contribution in [0.1, 0.15) is 16.1 Å². The Hall–Kier alpha value is -2.76. The number of fused-ring (bicyclic) bond motifs is 1. The largest absolute Gasteiger partial charge is 0.478 e. The van der Waals surface area contributed by atoms with Crippen LogP contribution in [0.2, 0.25) is 0 Å². The highest BCUT2D eigenvalue weighted by Crippen LogP contribution is 2.34. The molecule has 0 saturated carbocycles. The lowest BCUT2D eigenvalue weighted by molar-refractivity contribution is 0.0696. The van der Waals surface area contributed by atoms with Gasteiger partial charge in [-0.05, 0) is 31.2 Å². The SMILES string of the molecule is Cc1cc(C(=O)O)cc(Nc2ccc3c(c2)OCO3)n1. The van der Waals surface area contributed by atoms with Gasteiger partial charge in [-0.15, -0.1) is 0 Å². The van der Waals surface area contributed by atoms with Gasteiger partial charge < -0.3 is 19.9 Å². The maximum atomic E-state index is 11.0. The molecule has 0 spiro atoms. The van der Waals surface area contributed by atoms with E-state index in [-0.39, 0.29) is 12.4 Å². The van der Waals surface area contributed by atoms with Crippen molar-refractivity contribution >= 4 is 17.5 Å². The first-order valence-corrected chi connectivity index (χ1v) is 6.00. The van der Waals surface area contributed by atoms with Crippen LogP contribution in [0.15, 0.2) is 30.3 Å². The summed E-state index contributed by atoms with van der Waals surface area (Å²) < 4.78 is 10.5. The van der Waals surface area contributed by atoms with E-state index in [9.17, 15) is 4.79 Å². The van der Waals surface area contributed by atoms with E-state index in [4.69, 9.17) is 14.6 Å². The second-order valence-electron chi connectivity index (χ2n) is 4.38. The summed E-state index contributed by atoms with van der Waals surface area (Å²) in [7, 11) is 0. The number of carboxylic acid groups (broad SMARTS) is 1. The normalized spacial score (nSPS) is 12.2. The molecule has 3 rings (SSSR count). The first kappa shape index (κ1) is 12.3. The molecule has 0 fully saturated rings. The number of pyridine rings is 1. The number of nitrogens with one attached hydrogen (secondary N) is 1. The van der Waals surface area contributed by atoms with Crippen LogP contribution in [0.3, 0.4) is 0 Å². The summed E-state index contributed by atoms with van der Waals surface area (Å²) in [5, 5.41) is 12.1. The fraction of sp³-hybridized carbons (Fsp3) is 0.143. The Bertz CT molecular complexity index is 685. The highest BCUT2D eigenvalue weighted by molar-refractivity contribution is 5.88. The Balaban J connectivity index is 1.89. The number of aromatic carboxylic acids is 1. The van der Waals surface area contributed by atoms with Gasteiger partial charge in [0.05, 0.1) is 5.56 Å². The number of benzene rings is 1. The molecule has 6 heteroatoms. The molecule has 0 unspecified atom stereocenters. The van der Waals surface area contributed by atoms with E-state index in [1.807, 2.05) is 6.07 Å². The summed E-state index contributed by atoms with van der Waals surface area (Å²) in [4.78, 5) is 15.3. The molecule has 1 aliphatic heterocycles. The average Bonchev–Trinajstić information content (AvgIpc) is 2.85. The Morgan fingerprint density at radius 1 is 1.25 bits per heavy atom. The maximum Gasteiger partial charge on any atom is 0.335 e. The number of aromatic nitrogens is 1. The molecule has 102 valence electrons. The highest BCUT2D eigenvalue weighted by Gasteiger charge is 2.14. The van der Waals surface area contributed by atoms with Crippen molar-refractivity contribution in [1.29, 1.82) is 0 Å². The quantitative estimate of drug-likeness (QED) is 0.893. The van der Waals surface area contributed by atoms with Gasteiger partial charge in [0.2, 0.25) is 6.79 Å². The Morgan fingerprint density at radius 3 is 2.85 bits per heavy atom. The van der Waals surface area contributed by atoms with Crippen molar-refractivity contribution in [3.05, 3.63) is 41.6 Å². The molecule has 20 heavy (non-hydrogen) atoms. The number of ether oxygens (including phenoxy) is 2. The third kappa shape index (κ3) is 2.35. The van der Waals surface area contributed by atoms with Crippen LogP contribution in [-0.2, 0) is 0 Å². The van der Waals surface area contributed by atoms with E-state index in [1.54, 1.807) is 19.1 Å². The molecule has 0 radical (unpaired) electrons.